The molecule has 1 aliphatic heterocycles. The average Bonchev–Trinajstić information content (AvgIpc) is 2.65. The molecule has 0 bridgehead atoms. The molecular weight excluding hydrogens is 380 g/mol. The maximum Gasteiger partial charge on any atom is 0.247 e. The normalized spacial score (nSPS) is 16.2. The lowest BCUT2D eigenvalue weighted by atomic mass is 9.91. The highest BCUT2D eigenvalue weighted by Gasteiger charge is 2.34. The van der Waals surface area contributed by atoms with Gasteiger partial charge in [-0.3, -0.25) is 9.59 Å². The Bertz CT molecular complexity index is 791. The summed E-state index contributed by atoms with van der Waals surface area (Å²) in [5.74, 6) is -0.125. The highest BCUT2D eigenvalue weighted by molar-refractivity contribution is 9.10. The Hall–Kier alpha value is -2.14. The average molecular weight is 401 g/mol. The number of carbonyl (C=O) groups is 2. The minimum atomic E-state index is -0.556. The van der Waals surface area contributed by atoms with Gasteiger partial charge in [0.05, 0.1) is 0 Å². The van der Waals surface area contributed by atoms with E-state index < -0.39 is 6.04 Å². The van der Waals surface area contributed by atoms with Gasteiger partial charge in [0.1, 0.15) is 6.04 Å². The molecule has 25 heavy (non-hydrogen) atoms. The Morgan fingerprint density at radius 3 is 2.64 bits per heavy atom. The molecule has 0 spiro atoms. The fourth-order valence-electron chi connectivity index (χ4n) is 3.24. The van der Waals surface area contributed by atoms with Crippen molar-refractivity contribution in [2.45, 2.75) is 32.4 Å². The van der Waals surface area contributed by atoms with Crippen LogP contribution in [-0.2, 0) is 22.6 Å². The summed E-state index contributed by atoms with van der Waals surface area (Å²) < 4.78 is 0.959. The van der Waals surface area contributed by atoms with Crippen LogP contribution >= 0.6 is 15.9 Å². The first kappa shape index (κ1) is 17.7. The van der Waals surface area contributed by atoms with Gasteiger partial charge in [-0.1, -0.05) is 65.3 Å². The molecular formula is C20H21BrN2O2. The number of benzene rings is 2. The van der Waals surface area contributed by atoms with Gasteiger partial charge in [-0.15, -0.1) is 0 Å². The monoisotopic (exact) mass is 400 g/mol. The lowest BCUT2D eigenvalue weighted by Gasteiger charge is -2.36. The van der Waals surface area contributed by atoms with Gasteiger partial charge in [0.25, 0.3) is 0 Å². The van der Waals surface area contributed by atoms with Crippen molar-refractivity contribution in [1.82, 2.24) is 10.2 Å². The number of rotatable bonds is 4. The molecule has 130 valence electrons. The van der Waals surface area contributed by atoms with Gasteiger partial charge in [-0.2, -0.15) is 0 Å². The van der Waals surface area contributed by atoms with Crippen molar-refractivity contribution in [2.75, 3.05) is 6.54 Å². The van der Waals surface area contributed by atoms with Crippen molar-refractivity contribution in [3.05, 3.63) is 69.7 Å². The number of nitrogens with zero attached hydrogens (tertiary/aromatic N) is 1. The molecule has 3 rings (SSSR count). The lowest BCUT2D eigenvalue weighted by molar-refractivity contribution is -0.141. The molecule has 0 aromatic heterocycles. The first-order chi connectivity index (χ1) is 12.1. The summed E-state index contributed by atoms with van der Waals surface area (Å²) in [6.07, 6.45) is 1.19. The smallest absolute Gasteiger partial charge is 0.247 e. The first-order valence-electron chi connectivity index (χ1n) is 8.50. The third-order valence-electron chi connectivity index (χ3n) is 4.57. The fraction of sp³-hybridized carbons (Fsp3) is 0.300. The summed E-state index contributed by atoms with van der Waals surface area (Å²) in [5.41, 5.74) is 3.08. The van der Waals surface area contributed by atoms with E-state index in [4.69, 9.17) is 0 Å². The number of hydrogen-bond acceptors (Lipinski definition) is 2. The number of hydrogen-bond donors (Lipinski definition) is 1. The molecule has 1 N–H and O–H groups in total. The lowest BCUT2D eigenvalue weighted by Crippen LogP contribution is -2.46. The Morgan fingerprint density at radius 1 is 1.16 bits per heavy atom. The summed E-state index contributed by atoms with van der Waals surface area (Å²) >= 11 is 3.50. The molecule has 1 aliphatic rings. The summed E-state index contributed by atoms with van der Waals surface area (Å²) in [5, 5.41) is 3.00. The molecule has 1 atom stereocenters. The molecule has 0 unspecified atom stereocenters. The van der Waals surface area contributed by atoms with Gasteiger partial charge in [0.15, 0.2) is 0 Å². The van der Waals surface area contributed by atoms with Crippen molar-refractivity contribution >= 4 is 27.7 Å². The molecule has 5 heteroatoms. The second kappa shape index (κ2) is 7.83. The van der Waals surface area contributed by atoms with E-state index in [1.165, 1.54) is 0 Å². The molecule has 2 aromatic carbocycles. The van der Waals surface area contributed by atoms with Crippen molar-refractivity contribution in [1.29, 1.82) is 0 Å². The van der Waals surface area contributed by atoms with Crippen LogP contribution in [0.4, 0.5) is 0 Å². The van der Waals surface area contributed by atoms with E-state index >= 15 is 0 Å². The van der Waals surface area contributed by atoms with Crippen LogP contribution in [0.2, 0.25) is 0 Å². The number of halogens is 1. The minimum absolute atomic E-state index is 0.00976. The van der Waals surface area contributed by atoms with E-state index in [1.54, 1.807) is 4.90 Å². The topological polar surface area (TPSA) is 49.4 Å². The minimum Gasteiger partial charge on any atom is -0.350 e. The van der Waals surface area contributed by atoms with Gasteiger partial charge in [-0.05, 0) is 29.2 Å². The first-order valence-corrected chi connectivity index (χ1v) is 9.29. The Kier molecular flexibility index (Phi) is 5.53. The van der Waals surface area contributed by atoms with Gasteiger partial charge in [0.2, 0.25) is 11.8 Å². The SMILES string of the molecule is CCC(=O)N1CCc2ccccc2[C@@H]1C(=O)NCc1ccccc1Br. The van der Waals surface area contributed by atoms with Crippen molar-refractivity contribution in [3.8, 4) is 0 Å². The van der Waals surface area contributed by atoms with Crippen LogP contribution in [0.15, 0.2) is 53.0 Å². The number of nitrogens with one attached hydrogen (secondary N) is 1. The second-order valence-electron chi connectivity index (χ2n) is 6.10. The molecule has 0 radical (unpaired) electrons. The summed E-state index contributed by atoms with van der Waals surface area (Å²) in [4.78, 5) is 27.0. The maximum atomic E-state index is 13.0. The largest absolute Gasteiger partial charge is 0.350 e. The second-order valence-corrected chi connectivity index (χ2v) is 6.96. The quantitative estimate of drug-likeness (QED) is 0.851. The molecule has 1 heterocycles. The Balaban J connectivity index is 1.84. The summed E-state index contributed by atoms with van der Waals surface area (Å²) in [6.45, 7) is 2.84. The third-order valence-corrected chi connectivity index (χ3v) is 5.34. The van der Waals surface area contributed by atoms with Gasteiger partial charge in [-0.25, -0.2) is 0 Å². The molecule has 2 aromatic rings. The Morgan fingerprint density at radius 2 is 1.88 bits per heavy atom. The van der Waals surface area contributed by atoms with Crippen LogP contribution in [0, 0.1) is 0 Å². The molecule has 0 aliphatic carbocycles. The van der Waals surface area contributed by atoms with E-state index in [0.717, 1.165) is 27.6 Å². The summed E-state index contributed by atoms with van der Waals surface area (Å²) in [6, 6.07) is 15.1. The van der Waals surface area contributed by atoms with Crippen LogP contribution in [0.3, 0.4) is 0 Å². The number of carbonyl (C=O) groups excluding carboxylic acids is 2. The third kappa shape index (κ3) is 3.76. The number of amides is 2. The fourth-order valence-corrected chi connectivity index (χ4v) is 3.67. The van der Waals surface area contributed by atoms with E-state index in [9.17, 15) is 9.59 Å². The predicted octanol–water partition coefficient (Wildman–Crippen LogP) is 3.60. The zero-order valence-electron chi connectivity index (χ0n) is 14.2. The zero-order valence-corrected chi connectivity index (χ0v) is 15.8. The van der Waals surface area contributed by atoms with Crippen molar-refractivity contribution in [3.63, 3.8) is 0 Å². The zero-order chi connectivity index (χ0) is 17.8. The molecule has 4 nitrogen and oxygen atoms in total. The van der Waals surface area contributed by atoms with Crippen LogP contribution in [0.1, 0.15) is 36.1 Å². The van der Waals surface area contributed by atoms with Crippen LogP contribution < -0.4 is 5.32 Å². The van der Waals surface area contributed by atoms with Gasteiger partial charge in [0, 0.05) is 24.0 Å². The van der Waals surface area contributed by atoms with Gasteiger partial charge < -0.3 is 10.2 Å². The molecule has 2 amide bonds. The van der Waals surface area contributed by atoms with Crippen LogP contribution in [0.5, 0.6) is 0 Å². The van der Waals surface area contributed by atoms with E-state index in [2.05, 4.69) is 21.2 Å². The Labute approximate surface area is 156 Å². The van der Waals surface area contributed by atoms with E-state index in [-0.39, 0.29) is 11.8 Å². The van der Waals surface area contributed by atoms with Gasteiger partial charge >= 0.3 is 0 Å². The van der Waals surface area contributed by atoms with Crippen LogP contribution in [-0.4, -0.2) is 23.3 Å². The van der Waals surface area contributed by atoms with E-state index in [0.29, 0.717) is 19.5 Å². The predicted molar refractivity (Wildman–Crippen MR) is 101 cm³/mol. The number of fused-ring (bicyclic) bond motifs is 1. The maximum absolute atomic E-state index is 13.0. The van der Waals surface area contributed by atoms with Crippen molar-refractivity contribution < 1.29 is 9.59 Å². The molecule has 0 saturated heterocycles. The highest BCUT2D eigenvalue weighted by Crippen LogP contribution is 2.30. The van der Waals surface area contributed by atoms with Crippen molar-refractivity contribution in [2.24, 2.45) is 0 Å². The standard InChI is InChI=1S/C20H21BrN2O2/c1-2-18(24)23-12-11-14-7-3-5-9-16(14)19(23)20(25)22-13-15-8-4-6-10-17(15)21/h3-10,19H,2,11-13H2,1H3,(H,22,25)/t19-/m1/s1. The molecule has 0 fully saturated rings. The van der Waals surface area contributed by atoms with Crippen LogP contribution in [0.25, 0.3) is 0 Å². The summed E-state index contributed by atoms with van der Waals surface area (Å²) in [7, 11) is 0. The highest BCUT2D eigenvalue weighted by atomic mass is 79.9. The molecule has 0 saturated carbocycles. The van der Waals surface area contributed by atoms with E-state index in [1.807, 2.05) is 55.5 Å².